The molecule has 1 saturated carbocycles. The molecule has 0 unspecified atom stereocenters. The molecular weight excluding hydrogens is 180 g/mol. The molecule has 0 aromatic rings. The largest absolute Gasteiger partial charge is 0.390 e. The molecule has 1 aliphatic carbocycles. The highest BCUT2D eigenvalue weighted by Gasteiger charge is 2.33. The van der Waals surface area contributed by atoms with Gasteiger partial charge in [-0.2, -0.15) is 0 Å². The van der Waals surface area contributed by atoms with E-state index >= 15 is 0 Å². The van der Waals surface area contributed by atoms with E-state index in [1.165, 1.54) is 12.8 Å². The molecule has 2 fully saturated rings. The van der Waals surface area contributed by atoms with Crippen molar-refractivity contribution in [2.24, 2.45) is 5.92 Å². The predicted molar refractivity (Wildman–Crippen MR) is 52.8 cm³/mol. The van der Waals surface area contributed by atoms with Gasteiger partial charge in [-0.1, -0.05) is 0 Å². The monoisotopic (exact) mass is 198 g/mol. The fourth-order valence-corrected chi connectivity index (χ4v) is 1.94. The first kappa shape index (κ1) is 9.93. The van der Waals surface area contributed by atoms with Crippen LogP contribution in [0.5, 0.6) is 0 Å². The molecule has 0 aromatic carbocycles. The Morgan fingerprint density at radius 3 is 2.71 bits per heavy atom. The normalized spacial score (nSPS) is 31.9. The van der Waals surface area contributed by atoms with Gasteiger partial charge in [0.15, 0.2) is 0 Å². The van der Waals surface area contributed by atoms with Crippen LogP contribution in [0.15, 0.2) is 0 Å². The Hall–Kier alpha value is -0.610. The quantitative estimate of drug-likeness (QED) is 0.647. The van der Waals surface area contributed by atoms with Crippen LogP contribution in [0.2, 0.25) is 0 Å². The topological polar surface area (TPSA) is 52.6 Å². The van der Waals surface area contributed by atoms with Gasteiger partial charge >= 0.3 is 0 Å². The Bertz CT molecular complexity index is 228. The average molecular weight is 198 g/mol. The maximum absolute atomic E-state index is 11.7. The van der Waals surface area contributed by atoms with Crippen molar-refractivity contribution in [3.8, 4) is 0 Å². The summed E-state index contributed by atoms with van der Waals surface area (Å²) in [4.78, 5) is 13.4. The van der Waals surface area contributed by atoms with Crippen molar-refractivity contribution in [2.75, 3.05) is 20.1 Å². The number of nitrogens with one attached hydrogen (secondary N) is 1. The van der Waals surface area contributed by atoms with Crippen molar-refractivity contribution < 1.29 is 9.90 Å². The Labute approximate surface area is 84.3 Å². The van der Waals surface area contributed by atoms with Gasteiger partial charge in [0.2, 0.25) is 5.91 Å². The SMILES string of the molecule is CN(C(=O)CC1CC1)[C@@H]1CNC[C@H]1O. The zero-order chi connectivity index (χ0) is 10.1. The van der Waals surface area contributed by atoms with Gasteiger partial charge in [-0.25, -0.2) is 0 Å². The minimum absolute atomic E-state index is 0.0266. The summed E-state index contributed by atoms with van der Waals surface area (Å²) in [7, 11) is 1.80. The number of carbonyl (C=O) groups is 1. The van der Waals surface area contributed by atoms with Gasteiger partial charge in [-0.15, -0.1) is 0 Å². The second kappa shape index (κ2) is 3.87. The van der Waals surface area contributed by atoms with Crippen LogP contribution in [0.3, 0.4) is 0 Å². The van der Waals surface area contributed by atoms with Crippen molar-refractivity contribution in [1.29, 1.82) is 0 Å². The average Bonchev–Trinajstić information content (AvgIpc) is 2.86. The molecule has 2 aliphatic rings. The second-order valence-electron chi connectivity index (χ2n) is 4.45. The first-order chi connectivity index (χ1) is 6.68. The molecule has 0 aromatic heterocycles. The Morgan fingerprint density at radius 1 is 1.50 bits per heavy atom. The summed E-state index contributed by atoms with van der Waals surface area (Å²) in [6.07, 6.45) is 2.67. The molecule has 2 rings (SSSR count). The molecule has 0 spiro atoms. The number of amides is 1. The van der Waals surface area contributed by atoms with E-state index in [2.05, 4.69) is 5.32 Å². The summed E-state index contributed by atoms with van der Waals surface area (Å²) in [5.74, 6) is 0.803. The number of rotatable bonds is 3. The van der Waals surface area contributed by atoms with E-state index in [1.807, 2.05) is 0 Å². The van der Waals surface area contributed by atoms with E-state index in [0.717, 1.165) is 0 Å². The molecule has 1 aliphatic heterocycles. The summed E-state index contributed by atoms with van der Waals surface area (Å²) < 4.78 is 0. The lowest BCUT2D eigenvalue weighted by molar-refractivity contribution is -0.133. The number of hydrogen-bond donors (Lipinski definition) is 2. The van der Waals surface area contributed by atoms with Crippen molar-refractivity contribution in [3.05, 3.63) is 0 Å². The molecule has 14 heavy (non-hydrogen) atoms. The molecular formula is C10H18N2O2. The number of β-amino-alcohol motifs (C(OH)–C–C–N with tert-alkyl or cyclic N) is 1. The highest BCUT2D eigenvalue weighted by atomic mass is 16.3. The van der Waals surface area contributed by atoms with Crippen molar-refractivity contribution in [1.82, 2.24) is 10.2 Å². The lowest BCUT2D eigenvalue weighted by atomic mass is 10.1. The molecule has 4 nitrogen and oxygen atoms in total. The first-order valence-electron chi connectivity index (χ1n) is 5.33. The summed E-state index contributed by atoms with van der Waals surface area (Å²) in [6.45, 7) is 1.32. The Kier molecular flexibility index (Phi) is 2.74. The molecule has 2 atom stereocenters. The summed E-state index contributed by atoms with van der Waals surface area (Å²) in [5, 5.41) is 12.7. The standard InChI is InChI=1S/C10H18N2O2/c1-12(8-5-11-6-9(8)13)10(14)4-7-2-3-7/h7-9,11,13H,2-6H2,1H3/t8-,9-/m1/s1. The number of carbonyl (C=O) groups excluding carboxylic acids is 1. The lowest BCUT2D eigenvalue weighted by Crippen LogP contribution is -2.44. The maximum Gasteiger partial charge on any atom is 0.222 e. The number of hydrogen-bond acceptors (Lipinski definition) is 3. The molecule has 1 amide bonds. The molecule has 1 heterocycles. The number of nitrogens with zero attached hydrogens (tertiary/aromatic N) is 1. The van der Waals surface area contributed by atoms with Crippen LogP contribution in [-0.4, -0.2) is 48.2 Å². The van der Waals surface area contributed by atoms with Crippen LogP contribution in [-0.2, 0) is 4.79 Å². The van der Waals surface area contributed by atoms with Crippen LogP contribution in [0.25, 0.3) is 0 Å². The van der Waals surface area contributed by atoms with Gasteiger partial charge < -0.3 is 15.3 Å². The van der Waals surface area contributed by atoms with E-state index in [1.54, 1.807) is 11.9 Å². The highest BCUT2D eigenvalue weighted by Crippen LogP contribution is 2.33. The summed E-state index contributed by atoms with van der Waals surface area (Å²) >= 11 is 0. The zero-order valence-corrected chi connectivity index (χ0v) is 8.57. The van der Waals surface area contributed by atoms with Gasteiger partial charge in [-0.05, 0) is 18.8 Å². The van der Waals surface area contributed by atoms with Gasteiger partial charge in [0, 0.05) is 26.6 Å². The Morgan fingerprint density at radius 2 is 2.21 bits per heavy atom. The first-order valence-corrected chi connectivity index (χ1v) is 5.33. The third-order valence-electron chi connectivity index (χ3n) is 3.20. The lowest BCUT2D eigenvalue weighted by Gasteiger charge is -2.26. The van der Waals surface area contributed by atoms with Gasteiger partial charge in [-0.3, -0.25) is 4.79 Å². The van der Waals surface area contributed by atoms with E-state index in [9.17, 15) is 9.90 Å². The number of aliphatic hydroxyl groups is 1. The number of likely N-dealkylation sites (N-methyl/N-ethyl adjacent to an activating group) is 1. The summed E-state index contributed by atoms with van der Waals surface area (Å²) in [5.41, 5.74) is 0. The van der Waals surface area contributed by atoms with Crippen molar-refractivity contribution in [2.45, 2.75) is 31.4 Å². The van der Waals surface area contributed by atoms with E-state index in [-0.39, 0.29) is 11.9 Å². The molecule has 0 radical (unpaired) electrons. The van der Waals surface area contributed by atoms with Gasteiger partial charge in [0.1, 0.15) is 0 Å². The smallest absolute Gasteiger partial charge is 0.222 e. The van der Waals surface area contributed by atoms with Crippen LogP contribution >= 0.6 is 0 Å². The van der Waals surface area contributed by atoms with E-state index in [4.69, 9.17) is 0 Å². The number of aliphatic hydroxyl groups excluding tert-OH is 1. The Balaban J connectivity index is 1.85. The van der Waals surface area contributed by atoms with Crippen molar-refractivity contribution >= 4 is 5.91 Å². The van der Waals surface area contributed by atoms with Gasteiger partial charge in [0.05, 0.1) is 12.1 Å². The molecule has 0 bridgehead atoms. The third-order valence-corrected chi connectivity index (χ3v) is 3.20. The van der Waals surface area contributed by atoms with Crippen LogP contribution in [0.1, 0.15) is 19.3 Å². The predicted octanol–water partition coefficient (Wildman–Crippen LogP) is -0.422. The molecule has 4 heteroatoms. The fourth-order valence-electron chi connectivity index (χ4n) is 1.94. The summed E-state index contributed by atoms with van der Waals surface area (Å²) in [6, 6.07) is -0.0266. The maximum atomic E-state index is 11.7. The molecule has 2 N–H and O–H groups in total. The van der Waals surface area contributed by atoms with Crippen LogP contribution in [0.4, 0.5) is 0 Å². The second-order valence-corrected chi connectivity index (χ2v) is 4.45. The molecule has 1 saturated heterocycles. The third kappa shape index (κ3) is 2.07. The minimum atomic E-state index is -0.400. The van der Waals surface area contributed by atoms with Crippen LogP contribution < -0.4 is 5.32 Å². The van der Waals surface area contributed by atoms with Crippen molar-refractivity contribution in [3.63, 3.8) is 0 Å². The molecule has 80 valence electrons. The van der Waals surface area contributed by atoms with E-state index in [0.29, 0.717) is 25.4 Å². The van der Waals surface area contributed by atoms with E-state index < -0.39 is 6.10 Å². The minimum Gasteiger partial charge on any atom is -0.390 e. The fraction of sp³-hybridized carbons (Fsp3) is 0.900. The van der Waals surface area contributed by atoms with Crippen LogP contribution in [0, 0.1) is 5.92 Å². The highest BCUT2D eigenvalue weighted by molar-refractivity contribution is 5.77. The zero-order valence-electron chi connectivity index (χ0n) is 8.57. The van der Waals surface area contributed by atoms with Gasteiger partial charge in [0.25, 0.3) is 0 Å².